The summed E-state index contributed by atoms with van der Waals surface area (Å²) < 4.78 is 38.6. The molecule has 4 aromatic rings. The molecular formula is C24H19F3N4O. The SMILES string of the molecule is Cc1ccc2nc(NCC(=O)Nc3cccc(C(F)(F)F)c3)nc(-c3ccccc3)c2c1. The Labute approximate surface area is 182 Å². The zero-order valence-electron chi connectivity index (χ0n) is 17.1. The highest BCUT2D eigenvalue weighted by Crippen LogP contribution is 2.31. The number of alkyl halides is 3. The number of rotatable bonds is 5. The Morgan fingerprint density at radius 2 is 1.72 bits per heavy atom. The van der Waals surface area contributed by atoms with E-state index in [1.54, 1.807) is 0 Å². The zero-order valence-corrected chi connectivity index (χ0v) is 17.1. The molecule has 0 fully saturated rings. The van der Waals surface area contributed by atoms with E-state index >= 15 is 0 Å². The number of nitrogens with zero attached hydrogens (tertiary/aromatic N) is 2. The minimum absolute atomic E-state index is 0.0616. The molecule has 4 rings (SSSR count). The van der Waals surface area contributed by atoms with Gasteiger partial charge in [0.25, 0.3) is 0 Å². The van der Waals surface area contributed by atoms with Gasteiger partial charge in [-0.25, -0.2) is 9.97 Å². The summed E-state index contributed by atoms with van der Waals surface area (Å²) in [6.45, 7) is 1.78. The third kappa shape index (κ3) is 4.85. The van der Waals surface area contributed by atoms with Crippen LogP contribution in [-0.2, 0) is 11.0 Å². The molecule has 2 N–H and O–H groups in total. The van der Waals surface area contributed by atoms with Gasteiger partial charge in [-0.3, -0.25) is 4.79 Å². The molecule has 0 radical (unpaired) electrons. The summed E-state index contributed by atoms with van der Waals surface area (Å²) in [7, 11) is 0. The van der Waals surface area contributed by atoms with Crippen molar-refractivity contribution < 1.29 is 18.0 Å². The fraction of sp³-hybridized carbons (Fsp3) is 0.125. The number of carbonyl (C=O) groups is 1. The van der Waals surface area contributed by atoms with Gasteiger partial charge < -0.3 is 10.6 Å². The van der Waals surface area contributed by atoms with Crippen molar-refractivity contribution in [1.29, 1.82) is 0 Å². The number of hydrogen-bond donors (Lipinski definition) is 2. The second-order valence-corrected chi connectivity index (χ2v) is 7.26. The first-order valence-corrected chi connectivity index (χ1v) is 9.84. The Kier molecular flexibility index (Phi) is 5.77. The van der Waals surface area contributed by atoms with E-state index in [1.807, 2.05) is 55.5 Å². The number of hydrogen-bond acceptors (Lipinski definition) is 4. The molecule has 0 spiro atoms. The van der Waals surface area contributed by atoms with Crippen molar-refractivity contribution in [2.75, 3.05) is 17.2 Å². The van der Waals surface area contributed by atoms with Crippen molar-refractivity contribution in [3.63, 3.8) is 0 Å². The first-order chi connectivity index (χ1) is 15.3. The third-order valence-corrected chi connectivity index (χ3v) is 4.78. The van der Waals surface area contributed by atoms with E-state index in [0.717, 1.165) is 34.3 Å². The van der Waals surface area contributed by atoms with Crippen LogP contribution in [0.25, 0.3) is 22.2 Å². The van der Waals surface area contributed by atoms with Crippen LogP contribution in [0.5, 0.6) is 0 Å². The molecule has 0 aliphatic rings. The van der Waals surface area contributed by atoms with E-state index in [9.17, 15) is 18.0 Å². The molecule has 1 heterocycles. The van der Waals surface area contributed by atoms with Crippen molar-refractivity contribution in [2.45, 2.75) is 13.1 Å². The van der Waals surface area contributed by atoms with Crippen molar-refractivity contribution in [3.05, 3.63) is 83.9 Å². The van der Waals surface area contributed by atoms with Gasteiger partial charge in [-0.1, -0.05) is 48.0 Å². The predicted molar refractivity (Wildman–Crippen MR) is 118 cm³/mol. The van der Waals surface area contributed by atoms with Crippen molar-refractivity contribution in [2.24, 2.45) is 0 Å². The highest BCUT2D eigenvalue weighted by Gasteiger charge is 2.30. The standard InChI is InChI=1S/C24H19F3N4O/c1-15-10-11-20-19(12-15)22(16-6-3-2-4-7-16)31-23(30-20)28-14-21(32)29-18-9-5-8-17(13-18)24(25,26)27/h2-13H,14H2,1H3,(H,29,32)(H,28,30,31). The van der Waals surface area contributed by atoms with E-state index in [4.69, 9.17) is 0 Å². The Bertz CT molecular complexity index is 1270. The molecule has 0 aliphatic carbocycles. The van der Waals surface area contributed by atoms with Gasteiger partial charge in [-0.15, -0.1) is 0 Å². The Balaban J connectivity index is 1.55. The summed E-state index contributed by atoms with van der Waals surface area (Å²) in [5, 5.41) is 6.21. The monoisotopic (exact) mass is 436 g/mol. The lowest BCUT2D eigenvalue weighted by Gasteiger charge is -2.12. The van der Waals surface area contributed by atoms with Gasteiger partial charge in [0, 0.05) is 16.6 Å². The molecule has 5 nitrogen and oxygen atoms in total. The molecule has 32 heavy (non-hydrogen) atoms. The van der Waals surface area contributed by atoms with E-state index in [1.165, 1.54) is 12.1 Å². The summed E-state index contributed by atoms with van der Waals surface area (Å²) in [4.78, 5) is 21.4. The second-order valence-electron chi connectivity index (χ2n) is 7.26. The normalized spacial score (nSPS) is 11.4. The predicted octanol–water partition coefficient (Wildman–Crippen LogP) is 5.67. The zero-order chi connectivity index (χ0) is 22.7. The molecule has 3 aromatic carbocycles. The number of benzene rings is 3. The van der Waals surface area contributed by atoms with E-state index in [2.05, 4.69) is 20.6 Å². The molecular weight excluding hydrogens is 417 g/mol. The second kappa shape index (κ2) is 8.66. The molecule has 0 saturated heterocycles. The average molecular weight is 436 g/mol. The third-order valence-electron chi connectivity index (χ3n) is 4.78. The largest absolute Gasteiger partial charge is 0.416 e. The van der Waals surface area contributed by atoms with Gasteiger partial charge in [0.2, 0.25) is 11.9 Å². The van der Waals surface area contributed by atoms with Gasteiger partial charge in [0.15, 0.2) is 0 Å². The van der Waals surface area contributed by atoms with E-state index in [-0.39, 0.29) is 18.2 Å². The quantitative estimate of drug-likeness (QED) is 0.423. The topological polar surface area (TPSA) is 66.9 Å². The van der Waals surface area contributed by atoms with Crippen LogP contribution in [0.4, 0.5) is 24.8 Å². The first kappa shape index (κ1) is 21.3. The Morgan fingerprint density at radius 3 is 2.47 bits per heavy atom. The van der Waals surface area contributed by atoms with Crippen LogP contribution in [0.3, 0.4) is 0 Å². The van der Waals surface area contributed by atoms with Crippen LogP contribution in [0.1, 0.15) is 11.1 Å². The minimum atomic E-state index is -4.48. The molecule has 0 atom stereocenters. The smallest absolute Gasteiger partial charge is 0.345 e. The van der Waals surface area contributed by atoms with Gasteiger partial charge in [0.1, 0.15) is 0 Å². The highest BCUT2D eigenvalue weighted by atomic mass is 19.4. The summed E-state index contributed by atoms with van der Waals surface area (Å²) in [5.74, 6) is -0.266. The van der Waals surface area contributed by atoms with Crippen molar-refractivity contribution in [1.82, 2.24) is 9.97 Å². The Morgan fingerprint density at radius 1 is 0.938 bits per heavy atom. The van der Waals surface area contributed by atoms with Gasteiger partial charge in [-0.05, 0) is 37.3 Å². The number of amides is 1. The summed E-state index contributed by atoms with van der Waals surface area (Å²) in [5.41, 5.74) is 2.64. The number of nitrogens with one attached hydrogen (secondary N) is 2. The summed E-state index contributed by atoms with van der Waals surface area (Å²) in [6, 6.07) is 19.9. The first-order valence-electron chi connectivity index (χ1n) is 9.84. The van der Waals surface area contributed by atoms with Crippen molar-refractivity contribution >= 4 is 28.4 Å². The van der Waals surface area contributed by atoms with Gasteiger partial charge >= 0.3 is 6.18 Å². The van der Waals surface area contributed by atoms with E-state index < -0.39 is 17.6 Å². The van der Waals surface area contributed by atoms with E-state index in [0.29, 0.717) is 5.52 Å². The molecule has 0 bridgehead atoms. The maximum Gasteiger partial charge on any atom is 0.416 e. The molecule has 1 aromatic heterocycles. The number of aromatic nitrogens is 2. The lowest BCUT2D eigenvalue weighted by Crippen LogP contribution is -2.23. The molecule has 0 unspecified atom stereocenters. The maximum absolute atomic E-state index is 12.9. The lowest BCUT2D eigenvalue weighted by atomic mass is 10.0. The van der Waals surface area contributed by atoms with Crippen LogP contribution in [0.15, 0.2) is 72.8 Å². The number of fused-ring (bicyclic) bond motifs is 1. The van der Waals surface area contributed by atoms with Crippen LogP contribution >= 0.6 is 0 Å². The maximum atomic E-state index is 12.9. The molecule has 0 aliphatic heterocycles. The van der Waals surface area contributed by atoms with Gasteiger partial charge in [-0.2, -0.15) is 13.2 Å². The number of carbonyl (C=O) groups excluding carboxylic acids is 1. The van der Waals surface area contributed by atoms with Crippen LogP contribution in [0.2, 0.25) is 0 Å². The van der Waals surface area contributed by atoms with Crippen molar-refractivity contribution in [3.8, 4) is 11.3 Å². The number of aryl methyl sites for hydroxylation is 1. The molecule has 162 valence electrons. The van der Waals surface area contributed by atoms with Gasteiger partial charge in [0.05, 0.1) is 23.3 Å². The molecule has 1 amide bonds. The highest BCUT2D eigenvalue weighted by molar-refractivity contribution is 5.95. The molecule has 8 heteroatoms. The fourth-order valence-corrected chi connectivity index (χ4v) is 3.28. The average Bonchev–Trinajstić information content (AvgIpc) is 2.77. The fourth-order valence-electron chi connectivity index (χ4n) is 3.28. The lowest BCUT2D eigenvalue weighted by molar-refractivity contribution is -0.137. The minimum Gasteiger partial charge on any atom is -0.345 e. The number of anilines is 2. The number of halogens is 3. The van der Waals surface area contributed by atoms with Crippen LogP contribution in [-0.4, -0.2) is 22.4 Å². The molecule has 0 saturated carbocycles. The Hall–Kier alpha value is -3.94. The summed E-state index contributed by atoms with van der Waals surface area (Å²) in [6.07, 6.45) is -4.48. The van der Waals surface area contributed by atoms with Crippen LogP contribution < -0.4 is 10.6 Å². The summed E-state index contributed by atoms with van der Waals surface area (Å²) >= 11 is 0. The van der Waals surface area contributed by atoms with Crippen LogP contribution in [0, 0.1) is 6.92 Å².